The second-order valence-electron chi connectivity index (χ2n) is 3.51. The average Bonchev–Trinajstić information content (AvgIpc) is 2.22. The maximum Gasteiger partial charge on any atom is -0.0169 e. The highest BCUT2D eigenvalue weighted by atomic mass is 13.9. The second kappa shape index (κ2) is 8.55. The molecule has 0 unspecified atom stereocenters. The fourth-order valence-electron chi connectivity index (χ4n) is 1.40. The third kappa shape index (κ3) is 6.47. The van der Waals surface area contributed by atoms with E-state index in [1.807, 2.05) is 0 Å². The summed E-state index contributed by atoms with van der Waals surface area (Å²) in [5, 5.41) is 0. The summed E-state index contributed by atoms with van der Waals surface area (Å²) >= 11 is 0. The van der Waals surface area contributed by atoms with Crippen LogP contribution < -0.4 is 0 Å². The summed E-state index contributed by atoms with van der Waals surface area (Å²) in [7, 11) is 0. The van der Waals surface area contributed by atoms with Gasteiger partial charge in [-0.1, -0.05) is 48.6 Å². The molecule has 1 rings (SSSR count). The maximum atomic E-state index is 2.27. The highest BCUT2D eigenvalue weighted by Gasteiger charge is 1.80. The van der Waals surface area contributed by atoms with E-state index in [1.54, 1.807) is 0 Å². The Labute approximate surface area is 87.7 Å². The first-order chi connectivity index (χ1) is 7.00. The van der Waals surface area contributed by atoms with Gasteiger partial charge in [0.15, 0.2) is 0 Å². The van der Waals surface area contributed by atoms with Crippen molar-refractivity contribution in [1.29, 1.82) is 0 Å². The zero-order valence-corrected chi connectivity index (χ0v) is 8.86. The quantitative estimate of drug-likeness (QED) is 0.489. The van der Waals surface area contributed by atoms with Gasteiger partial charge < -0.3 is 0 Å². The molecule has 0 radical (unpaired) electrons. The molecule has 0 bridgehead atoms. The van der Waals surface area contributed by atoms with E-state index in [0.29, 0.717) is 0 Å². The first-order valence-corrected chi connectivity index (χ1v) is 5.60. The van der Waals surface area contributed by atoms with E-state index >= 15 is 0 Å². The molecule has 0 saturated heterocycles. The number of hydrogen-bond donors (Lipinski definition) is 0. The van der Waals surface area contributed by atoms with Crippen LogP contribution in [-0.4, -0.2) is 0 Å². The minimum Gasteiger partial charge on any atom is -0.0879 e. The molecule has 0 aromatic carbocycles. The smallest absolute Gasteiger partial charge is 0.0169 e. The van der Waals surface area contributed by atoms with Crippen LogP contribution in [0.3, 0.4) is 0 Å². The van der Waals surface area contributed by atoms with E-state index in [9.17, 15) is 0 Å². The Balaban J connectivity index is 2.33. The van der Waals surface area contributed by atoms with Crippen LogP contribution in [0.2, 0.25) is 0 Å². The predicted molar refractivity (Wildman–Crippen MR) is 64.3 cm³/mol. The molecule has 0 aromatic rings. The van der Waals surface area contributed by atoms with E-state index in [0.717, 1.165) is 12.8 Å². The molecule has 0 nitrogen and oxygen atoms in total. The van der Waals surface area contributed by atoms with Crippen molar-refractivity contribution in [3.8, 4) is 0 Å². The fourth-order valence-corrected chi connectivity index (χ4v) is 1.40. The summed E-state index contributed by atoms with van der Waals surface area (Å²) in [6.45, 7) is 0. The summed E-state index contributed by atoms with van der Waals surface area (Å²) in [5.74, 6) is 0. The zero-order valence-electron chi connectivity index (χ0n) is 8.86. The molecule has 0 atom stereocenters. The Morgan fingerprint density at radius 1 is 0.357 bits per heavy atom. The van der Waals surface area contributed by atoms with Crippen LogP contribution in [0.15, 0.2) is 48.6 Å². The van der Waals surface area contributed by atoms with Crippen molar-refractivity contribution in [2.75, 3.05) is 0 Å². The van der Waals surface area contributed by atoms with Gasteiger partial charge in [0.1, 0.15) is 0 Å². The van der Waals surface area contributed by atoms with Gasteiger partial charge in [-0.2, -0.15) is 0 Å². The number of allylic oxidation sites excluding steroid dienone is 8. The molecular weight excluding hydrogens is 168 g/mol. The van der Waals surface area contributed by atoms with Crippen molar-refractivity contribution in [2.24, 2.45) is 0 Å². The highest BCUT2D eigenvalue weighted by Crippen LogP contribution is 2.00. The molecule has 0 heterocycles. The van der Waals surface area contributed by atoms with E-state index in [2.05, 4.69) is 48.6 Å². The van der Waals surface area contributed by atoms with Crippen LogP contribution in [0.1, 0.15) is 38.5 Å². The summed E-state index contributed by atoms with van der Waals surface area (Å²) in [4.78, 5) is 0. The molecule has 1 aliphatic rings. The van der Waals surface area contributed by atoms with Crippen LogP contribution in [0, 0.1) is 0 Å². The lowest BCUT2D eigenvalue weighted by molar-refractivity contribution is 1.02. The monoisotopic (exact) mass is 188 g/mol. The standard InChI is InChI=1S/C14H20/c1-2-4-6-8-10-12-14-13-11-9-7-5-3-1/h1-2,5,7-8,10,13-14H,3-4,6,9,11-12H2/b2-1-,7-5-,10-8-,14-13-. The maximum absolute atomic E-state index is 2.27. The number of hydrogen-bond acceptors (Lipinski definition) is 0. The van der Waals surface area contributed by atoms with Gasteiger partial charge in [-0.05, 0) is 38.5 Å². The average molecular weight is 188 g/mol. The molecule has 14 heavy (non-hydrogen) atoms. The predicted octanol–water partition coefficient (Wildman–Crippen LogP) is 4.57. The molecule has 0 aromatic heterocycles. The Bertz CT molecular complexity index is 178. The van der Waals surface area contributed by atoms with Gasteiger partial charge in [0.05, 0.1) is 0 Å². The van der Waals surface area contributed by atoms with Gasteiger partial charge in [-0.25, -0.2) is 0 Å². The Morgan fingerprint density at radius 2 is 0.643 bits per heavy atom. The van der Waals surface area contributed by atoms with Gasteiger partial charge >= 0.3 is 0 Å². The molecule has 0 heteroatoms. The largest absolute Gasteiger partial charge is 0.0879 e. The first kappa shape index (κ1) is 11.0. The van der Waals surface area contributed by atoms with Crippen LogP contribution in [-0.2, 0) is 0 Å². The summed E-state index contributed by atoms with van der Waals surface area (Å²) in [5.41, 5.74) is 0. The summed E-state index contributed by atoms with van der Waals surface area (Å²) in [6.07, 6.45) is 25.0. The molecule has 76 valence electrons. The molecule has 0 N–H and O–H groups in total. The Morgan fingerprint density at radius 3 is 0.929 bits per heavy atom. The lowest BCUT2D eigenvalue weighted by Gasteiger charge is -1.90. The Kier molecular flexibility index (Phi) is 6.74. The summed E-state index contributed by atoms with van der Waals surface area (Å²) in [6, 6.07) is 0. The van der Waals surface area contributed by atoms with Crippen molar-refractivity contribution >= 4 is 0 Å². The minimum absolute atomic E-state index is 1.09. The van der Waals surface area contributed by atoms with Crippen molar-refractivity contribution in [2.45, 2.75) is 38.5 Å². The fraction of sp³-hybridized carbons (Fsp3) is 0.429. The van der Waals surface area contributed by atoms with E-state index in [1.165, 1.54) is 25.7 Å². The van der Waals surface area contributed by atoms with Crippen molar-refractivity contribution in [3.05, 3.63) is 48.6 Å². The molecule has 0 spiro atoms. The first-order valence-electron chi connectivity index (χ1n) is 5.60. The third-order valence-corrected chi connectivity index (χ3v) is 2.21. The van der Waals surface area contributed by atoms with Crippen molar-refractivity contribution in [3.63, 3.8) is 0 Å². The molecule has 0 saturated carbocycles. The van der Waals surface area contributed by atoms with Crippen molar-refractivity contribution in [1.82, 2.24) is 0 Å². The van der Waals surface area contributed by atoms with Gasteiger partial charge in [0.2, 0.25) is 0 Å². The SMILES string of the molecule is C1=C\CC/C=C\C/C=C\CC/C=C\C/1. The molecule has 0 aliphatic heterocycles. The molecule has 1 aliphatic carbocycles. The molecule has 0 amide bonds. The lowest BCUT2D eigenvalue weighted by Crippen LogP contribution is -1.69. The highest BCUT2D eigenvalue weighted by molar-refractivity contribution is 4.98. The zero-order chi connectivity index (χ0) is 9.90. The molecule has 0 fully saturated rings. The summed E-state index contributed by atoms with van der Waals surface area (Å²) < 4.78 is 0. The van der Waals surface area contributed by atoms with Crippen LogP contribution in [0.4, 0.5) is 0 Å². The van der Waals surface area contributed by atoms with E-state index in [4.69, 9.17) is 0 Å². The van der Waals surface area contributed by atoms with E-state index in [-0.39, 0.29) is 0 Å². The van der Waals surface area contributed by atoms with Gasteiger partial charge in [0.25, 0.3) is 0 Å². The van der Waals surface area contributed by atoms with Crippen LogP contribution in [0.5, 0.6) is 0 Å². The lowest BCUT2D eigenvalue weighted by atomic mass is 10.2. The topological polar surface area (TPSA) is 0 Å². The molecular formula is C14H20. The van der Waals surface area contributed by atoms with Gasteiger partial charge in [-0.15, -0.1) is 0 Å². The van der Waals surface area contributed by atoms with Gasteiger partial charge in [0, 0.05) is 0 Å². The van der Waals surface area contributed by atoms with Crippen molar-refractivity contribution < 1.29 is 0 Å². The van der Waals surface area contributed by atoms with E-state index < -0.39 is 0 Å². The Hall–Kier alpha value is -1.04. The normalized spacial score (nSPS) is 28.6. The third-order valence-electron chi connectivity index (χ3n) is 2.21. The van der Waals surface area contributed by atoms with Gasteiger partial charge in [-0.3, -0.25) is 0 Å². The minimum atomic E-state index is 1.09. The second-order valence-corrected chi connectivity index (χ2v) is 3.51. The number of rotatable bonds is 0. The van der Waals surface area contributed by atoms with Crippen LogP contribution in [0.25, 0.3) is 0 Å². The van der Waals surface area contributed by atoms with Crippen LogP contribution >= 0.6 is 0 Å².